The summed E-state index contributed by atoms with van der Waals surface area (Å²) in [7, 11) is 0. The number of aromatic nitrogens is 1. The Kier molecular flexibility index (Phi) is 8.10. The number of halogens is 1. The van der Waals surface area contributed by atoms with Gasteiger partial charge in [-0.2, -0.15) is 0 Å². The SMILES string of the molecule is CCOC(=O)C1=C(C)N=c2s/c(=C\c3cc(I)c(OC(C)=O)c(OCC)c3)c(=O)n2[C@@H]1c1cccs1. The second-order valence-electron chi connectivity index (χ2n) is 7.67. The van der Waals surface area contributed by atoms with Crippen LogP contribution in [0.25, 0.3) is 6.08 Å². The molecule has 1 aliphatic heterocycles. The van der Waals surface area contributed by atoms with Crippen LogP contribution in [0.3, 0.4) is 0 Å². The van der Waals surface area contributed by atoms with Gasteiger partial charge >= 0.3 is 11.9 Å². The molecule has 0 saturated heterocycles. The number of allylic oxidation sites excluding steroid dienone is 1. The third-order valence-corrected chi connectivity index (χ3v) is 7.91. The quantitative estimate of drug-likeness (QED) is 0.222. The van der Waals surface area contributed by atoms with Crippen molar-refractivity contribution >= 4 is 63.3 Å². The highest BCUT2D eigenvalue weighted by Crippen LogP contribution is 2.35. The molecule has 0 fully saturated rings. The molecule has 0 amide bonds. The number of nitrogens with zero attached hydrogens (tertiary/aromatic N) is 2. The lowest BCUT2D eigenvalue weighted by molar-refractivity contribution is -0.139. The van der Waals surface area contributed by atoms with Crippen LogP contribution in [-0.4, -0.2) is 29.7 Å². The molecule has 1 atom stereocenters. The third kappa shape index (κ3) is 5.18. The average Bonchev–Trinajstić information content (AvgIpc) is 3.44. The molecule has 3 aromatic rings. The van der Waals surface area contributed by atoms with E-state index in [2.05, 4.69) is 27.6 Å². The Morgan fingerprint density at radius 2 is 2.03 bits per heavy atom. The Morgan fingerprint density at radius 1 is 1.25 bits per heavy atom. The molecular weight excluding hydrogens is 615 g/mol. The summed E-state index contributed by atoms with van der Waals surface area (Å²) in [5.74, 6) is -0.175. The maximum absolute atomic E-state index is 13.7. The van der Waals surface area contributed by atoms with Crippen LogP contribution in [0.2, 0.25) is 0 Å². The van der Waals surface area contributed by atoms with Crippen LogP contribution in [0, 0.1) is 3.57 Å². The van der Waals surface area contributed by atoms with Crippen molar-refractivity contribution < 1.29 is 23.8 Å². The number of hydrogen-bond donors (Lipinski definition) is 0. The number of benzene rings is 1. The molecule has 36 heavy (non-hydrogen) atoms. The fraction of sp³-hybridized carbons (Fsp3) is 0.280. The highest BCUT2D eigenvalue weighted by molar-refractivity contribution is 14.1. The first-order valence-electron chi connectivity index (χ1n) is 11.1. The summed E-state index contributed by atoms with van der Waals surface area (Å²) in [6.07, 6.45) is 1.75. The van der Waals surface area contributed by atoms with Gasteiger partial charge in [0.05, 0.1) is 32.6 Å². The fourth-order valence-corrected chi connectivity index (χ4v) is 6.44. The fourth-order valence-electron chi connectivity index (χ4n) is 3.84. The van der Waals surface area contributed by atoms with Gasteiger partial charge in [0.15, 0.2) is 16.3 Å². The molecule has 2 aromatic heterocycles. The minimum Gasteiger partial charge on any atom is -0.490 e. The summed E-state index contributed by atoms with van der Waals surface area (Å²) in [6, 6.07) is 6.71. The minimum atomic E-state index is -0.618. The number of thiazole rings is 1. The molecule has 1 aromatic carbocycles. The molecular formula is C25H23IN2O6S2. The van der Waals surface area contributed by atoms with Crippen molar-refractivity contribution in [2.24, 2.45) is 4.99 Å². The summed E-state index contributed by atoms with van der Waals surface area (Å²) >= 11 is 4.78. The van der Waals surface area contributed by atoms with Crippen LogP contribution in [0.15, 0.2) is 50.7 Å². The minimum absolute atomic E-state index is 0.224. The van der Waals surface area contributed by atoms with Crippen molar-refractivity contribution in [1.29, 1.82) is 0 Å². The Morgan fingerprint density at radius 3 is 2.67 bits per heavy atom. The van der Waals surface area contributed by atoms with Crippen molar-refractivity contribution in [3.63, 3.8) is 0 Å². The summed E-state index contributed by atoms with van der Waals surface area (Å²) in [5, 5.41) is 1.91. The number of thiophene rings is 1. The van der Waals surface area contributed by atoms with E-state index >= 15 is 0 Å². The van der Waals surface area contributed by atoms with E-state index in [1.165, 1.54) is 29.6 Å². The molecule has 0 aliphatic carbocycles. The lowest BCUT2D eigenvalue weighted by Gasteiger charge is -2.23. The maximum atomic E-state index is 13.7. The van der Waals surface area contributed by atoms with Crippen LogP contribution in [0.1, 0.15) is 44.2 Å². The third-order valence-electron chi connectivity index (χ3n) is 5.20. The van der Waals surface area contributed by atoms with E-state index in [4.69, 9.17) is 14.2 Å². The van der Waals surface area contributed by atoms with E-state index in [0.717, 1.165) is 4.88 Å². The highest BCUT2D eigenvalue weighted by atomic mass is 127. The molecule has 0 unspecified atom stereocenters. The van der Waals surface area contributed by atoms with Crippen LogP contribution >= 0.6 is 45.3 Å². The molecule has 0 bridgehead atoms. The number of fused-ring (bicyclic) bond motifs is 1. The zero-order valence-corrected chi connectivity index (χ0v) is 23.8. The summed E-state index contributed by atoms with van der Waals surface area (Å²) in [6.45, 7) is 7.27. The van der Waals surface area contributed by atoms with Gasteiger partial charge in [0, 0.05) is 11.8 Å². The second kappa shape index (κ2) is 11.1. The maximum Gasteiger partial charge on any atom is 0.338 e. The summed E-state index contributed by atoms with van der Waals surface area (Å²) in [5.41, 5.74) is 1.33. The zero-order chi connectivity index (χ0) is 26.0. The van der Waals surface area contributed by atoms with E-state index in [9.17, 15) is 14.4 Å². The molecule has 4 rings (SSSR count). The average molecular weight is 639 g/mol. The Bertz CT molecular complexity index is 1540. The molecule has 0 saturated carbocycles. The topological polar surface area (TPSA) is 96.2 Å². The molecule has 11 heteroatoms. The van der Waals surface area contributed by atoms with E-state index < -0.39 is 18.0 Å². The molecule has 0 radical (unpaired) electrons. The Labute approximate surface area is 228 Å². The van der Waals surface area contributed by atoms with Crippen molar-refractivity contribution in [1.82, 2.24) is 4.57 Å². The van der Waals surface area contributed by atoms with Gasteiger partial charge in [0.2, 0.25) is 0 Å². The van der Waals surface area contributed by atoms with Gasteiger partial charge in [-0.05, 0) is 78.6 Å². The number of esters is 2. The predicted molar refractivity (Wildman–Crippen MR) is 146 cm³/mol. The van der Waals surface area contributed by atoms with E-state index in [0.29, 0.717) is 47.8 Å². The number of ether oxygens (including phenoxy) is 3. The van der Waals surface area contributed by atoms with Gasteiger partial charge in [-0.1, -0.05) is 17.4 Å². The monoisotopic (exact) mass is 638 g/mol. The number of rotatable bonds is 7. The van der Waals surface area contributed by atoms with Crippen molar-refractivity contribution in [2.45, 2.75) is 33.7 Å². The van der Waals surface area contributed by atoms with Gasteiger partial charge in [0.1, 0.15) is 6.04 Å². The van der Waals surface area contributed by atoms with Crippen LogP contribution in [-0.2, 0) is 14.3 Å². The normalized spacial score (nSPS) is 15.4. The van der Waals surface area contributed by atoms with E-state index in [1.54, 1.807) is 30.6 Å². The Balaban J connectivity index is 1.89. The first-order valence-corrected chi connectivity index (χ1v) is 13.9. The largest absolute Gasteiger partial charge is 0.490 e. The highest BCUT2D eigenvalue weighted by Gasteiger charge is 2.33. The number of hydrogen-bond acceptors (Lipinski definition) is 9. The smallest absolute Gasteiger partial charge is 0.338 e. The molecule has 8 nitrogen and oxygen atoms in total. The molecule has 188 valence electrons. The molecule has 0 spiro atoms. The molecule has 0 N–H and O–H groups in total. The van der Waals surface area contributed by atoms with Crippen molar-refractivity contribution in [2.75, 3.05) is 13.2 Å². The standard InChI is InChI=1S/C25H23IN2O6S2/c1-5-32-17-11-15(10-16(26)22(17)34-14(4)29)12-19-23(30)28-21(18-8-7-9-35-18)20(24(31)33-6-2)13(3)27-25(28)36-19/h7-12,21H,5-6H2,1-4H3/b19-12-/t21-/m1/s1. The van der Waals surface area contributed by atoms with Gasteiger partial charge in [-0.15, -0.1) is 11.3 Å². The van der Waals surface area contributed by atoms with Gasteiger partial charge in [0.25, 0.3) is 5.56 Å². The lowest BCUT2D eigenvalue weighted by atomic mass is 10.0. The van der Waals surface area contributed by atoms with Gasteiger partial charge < -0.3 is 14.2 Å². The predicted octanol–water partition coefficient (Wildman–Crippen LogP) is 3.79. The van der Waals surface area contributed by atoms with E-state index in [-0.39, 0.29) is 12.2 Å². The number of carbonyl (C=O) groups excluding carboxylic acids is 2. The van der Waals surface area contributed by atoms with Gasteiger partial charge in [-0.3, -0.25) is 14.2 Å². The lowest BCUT2D eigenvalue weighted by Crippen LogP contribution is -2.39. The van der Waals surface area contributed by atoms with Crippen LogP contribution < -0.4 is 24.4 Å². The van der Waals surface area contributed by atoms with Gasteiger partial charge in [-0.25, -0.2) is 9.79 Å². The van der Waals surface area contributed by atoms with Crippen molar-refractivity contribution in [3.05, 3.63) is 74.6 Å². The Hall–Kier alpha value is -2.77. The van der Waals surface area contributed by atoms with E-state index in [1.807, 2.05) is 30.5 Å². The van der Waals surface area contributed by atoms with Crippen molar-refractivity contribution in [3.8, 4) is 11.5 Å². The number of carbonyl (C=O) groups is 2. The summed E-state index contributed by atoms with van der Waals surface area (Å²) < 4.78 is 19.0. The van der Waals surface area contributed by atoms with Crippen LogP contribution in [0.4, 0.5) is 0 Å². The zero-order valence-electron chi connectivity index (χ0n) is 20.0. The summed E-state index contributed by atoms with van der Waals surface area (Å²) in [4.78, 5) is 44.0. The second-order valence-corrected chi connectivity index (χ2v) is 10.8. The first kappa shape index (κ1) is 26.3. The molecule has 1 aliphatic rings. The molecule has 3 heterocycles. The van der Waals surface area contributed by atoms with Crippen LogP contribution in [0.5, 0.6) is 11.5 Å². The first-order chi connectivity index (χ1) is 17.2.